The summed E-state index contributed by atoms with van der Waals surface area (Å²) < 4.78 is 40.7. The van der Waals surface area contributed by atoms with E-state index >= 15 is 4.39 Å². The maximum absolute atomic E-state index is 15.1. The van der Waals surface area contributed by atoms with Gasteiger partial charge in [0.05, 0.1) is 12.1 Å². The largest absolute Gasteiger partial charge is 0.494 e. The molecule has 0 aliphatic carbocycles. The number of ether oxygens (including phenoxy) is 2. The Bertz CT molecular complexity index is 972. The first-order valence-corrected chi connectivity index (χ1v) is 8.92. The first kappa shape index (κ1) is 19.2. The van der Waals surface area contributed by atoms with Gasteiger partial charge in [-0.25, -0.2) is 8.78 Å². The van der Waals surface area contributed by atoms with Crippen LogP contribution in [0.5, 0.6) is 17.2 Å². The van der Waals surface area contributed by atoms with Gasteiger partial charge in [-0.15, -0.1) is 0 Å². The van der Waals surface area contributed by atoms with E-state index in [-0.39, 0.29) is 16.3 Å². The molecule has 2 nitrogen and oxygen atoms in total. The Kier molecular flexibility index (Phi) is 5.66. The van der Waals surface area contributed by atoms with E-state index in [4.69, 9.17) is 21.1 Å². The summed E-state index contributed by atoms with van der Waals surface area (Å²) in [6, 6.07) is 13.5. The number of para-hydroxylation sites is 1. The lowest BCUT2D eigenvalue weighted by molar-refractivity contribution is 0.387. The molecule has 140 valence electrons. The molecule has 0 saturated carbocycles. The van der Waals surface area contributed by atoms with Crippen LogP contribution in [0.1, 0.15) is 18.1 Å². The standard InChI is InChI=1S/C22H19ClF2O2/c1-4-15-18(27-14-8-6-5-7-9-14)12-16(24)21(23)20(15)19-13(2)10-11-17(26-3)22(19)25/h5-12H,4H2,1-3H3. The molecule has 0 atom stereocenters. The van der Waals surface area contributed by atoms with Gasteiger partial charge in [0.25, 0.3) is 0 Å². The quantitative estimate of drug-likeness (QED) is 0.470. The molecule has 0 heterocycles. The summed E-state index contributed by atoms with van der Waals surface area (Å²) in [5.74, 6) is -0.310. The lowest BCUT2D eigenvalue weighted by Crippen LogP contribution is -2.02. The Labute approximate surface area is 162 Å². The zero-order chi connectivity index (χ0) is 19.6. The predicted octanol–water partition coefficient (Wildman–Crippen LogP) is 6.96. The summed E-state index contributed by atoms with van der Waals surface area (Å²) in [6.07, 6.45) is 0.480. The summed E-state index contributed by atoms with van der Waals surface area (Å²) in [5, 5.41) is -0.137. The van der Waals surface area contributed by atoms with E-state index < -0.39 is 11.6 Å². The van der Waals surface area contributed by atoms with Crippen molar-refractivity contribution in [1.29, 1.82) is 0 Å². The van der Waals surface area contributed by atoms with Gasteiger partial charge in [-0.3, -0.25) is 0 Å². The summed E-state index contributed by atoms with van der Waals surface area (Å²) in [5.41, 5.74) is 1.76. The molecule has 0 aromatic heterocycles. The van der Waals surface area contributed by atoms with Gasteiger partial charge in [0, 0.05) is 22.8 Å². The van der Waals surface area contributed by atoms with Crippen LogP contribution in [0, 0.1) is 18.6 Å². The molecule has 3 rings (SSSR count). The smallest absolute Gasteiger partial charge is 0.173 e. The van der Waals surface area contributed by atoms with Crippen LogP contribution < -0.4 is 9.47 Å². The van der Waals surface area contributed by atoms with Crippen molar-refractivity contribution in [1.82, 2.24) is 0 Å². The van der Waals surface area contributed by atoms with E-state index in [2.05, 4.69) is 0 Å². The van der Waals surface area contributed by atoms with Crippen molar-refractivity contribution >= 4 is 11.6 Å². The minimum atomic E-state index is -0.670. The third-order valence-electron chi connectivity index (χ3n) is 4.40. The molecule has 0 fully saturated rings. The maximum atomic E-state index is 15.1. The van der Waals surface area contributed by atoms with E-state index in [0.717, 1.165) is 0 Å². The average molecular weight is 389 g/mol. The molecule has 0 bridgehead atoms. The van der Waals surface area contributed by atoms with Crippen LogP contribution >= 0.6 is 11.6 Å². The normalized spacial score (nSPS) is 10.7. The lowest BCUT2D eigenvalue weighted by Gasteiger charge is -2.19. The van der Waals surface area contributed by atoms with Crippen LogP contribution in [-0.2, 0) is 6.42 Å². The fourth-order valence-electron chi connectivity index (χ4n) is 3.08. The Hall–Kier alpha value is -2.59. The van der Waals surface area contributed by atoms with Gasteiger partial charge in [0.1, 0.15) is 17.3 Å². The molecule has 27 heavy (non-hydrogen) atoms. The minimum Gasteiger partial charge on any atom is -0.494 e. The molecule has 0 unspecified atom stereocenters. The van der Waals surface area contributed by atoms with Gasteiger partial charge in [0.15, 0.2) is 11.6 Å². The molecule has 0 N–H and O–H groups in total. The van der Waals surface area contributed by atoms with Crippen LogP contribution in [0.15, 0.2) is 48.5 Å². The van der Waals surface area contributed by atoms with Crippen molar-refractivity contribution in [2.24, 2.45) is 0 Å². The summed E-state index contributed by atoms with van der Waals surface area (Å²) in [4.78, 5) is 0. The molecule has 5 heteroatoms. The third kappa shape index (κ3) is 3.62. The number of methoxy groups -OCH3 is 1. The number of benzene rings is 3. The molecule has 0 amide bonds. The monoisotopic (exact) mass is 388 g/mol. The minimum absolute atomic E-state index is 0.0727. The van der Waals surface area contributed by atoms with E-state index in [1.54, 1.807) is 25.1 Å². The Morgan fingerprint density at radius 2 is 1.67 bits per heavy atom. The lowest BCUT2D eigenvalue weighted by atomic mass is 9.93. The number of hydrogen-bond acceptors (Lipinski definition) is 2. The number of hydrogen-bond donors (Lipinski definition) is 0. The van der Waals surface area contributed by atoms with Gasteiger partial charge >= 0.3 is 0 Å². The molecule has 3 aromatic carbocycles. The Morgan fingerprint density at radius 1 is 0.963 bits per heavy atom. The van der Waals surface area contributed by atoms with Gasteiger partial charge in [0.2, 0.25) is 0 Å². The van der Waals surface area contributed by atoms with Crippen LogP contribution in [0.3, 0.4) is 0 Å². The van der Waals surface area contributed by atoms with Crippen molar-refractivity contribution in [2.75, 3.05) is 7.11 Å². The first-order chi connectivity index (χ1) is 13.0. The van der Waals surface area contributed by atoms with Gasteiger partial charge in [-0.1, -0.05) is 42.8 Å². The second-order valence-corrected chi connectivity index (χ2v) is 6.44. The maximum Gasteiger partial charge on any atom is 0.173 e. The number of aryl methyl sites for hydroxylation is 1. The van der Waals surface area contributed by atoms with Crippen molar-refractivity contribution in [2.45, 2.75) is 20.3 Å². The fraction of sp³-hybridized carbons (Fsp3) is 0.182. The van der Waals surface area contributed by atoms with Crippen LogP contribution in [0.25, 0.3) is 11.1 Å². The van der Waals surface area contributed by atoms with E-state index in [0.29, 0.717) is 34.6 Å². The second kappa shape index (κ2) is 7.97. The highest BCUT2D eigenvalue weighted by atomic mass is 35.5. The second-order valence-electron chi connectivity index (χ2n) is 6.07. The SMILES string of the molecule is CCc1c(Oc2ccccc2)cc(F)c(Cl)c1-c1c(C)ccc(OC)c1F. The summed E-state index contributed by atoms with van der Waals surface area (Å²) in [7, 11) is 1.38. The fourth-order valence-corrected chi connectivity index (χ4v) is 3.34. The van der Waals surface area contributed by atoms with Crippen molar-refractivity contribution < 1.29 is 18.3 Å². The molecule has 0 saturated heterocycles. The van der Waals surface area contributed by atoms with E-state index in [9.17, 15) is 4.39 Å². The van der Waals surface area contributed by atoms with Gasteiger partial charge in [-0.2, -0.15) is 0 Å². The van der Waals surface area contributed by atoms with Gasteiger partial charge in [-0.05, 0) is 37.1 Å². The van der Waals surface area contributed by atoms with Gasteiger partial charge < -0.3 is 9.47 Å². The van der Waals surface area contributed by atoms with Crippen molar-refractivity contribution in [3.63, 3.8) is 0 Å². The average Bonchev–Trinajstić information content (AvgIpc) is 2.66. The first-order valence-electron chi connectivity index (χ1n) is 8.55. The highest BCUT2D eigenvalue weighted by molar-refractivity contribution is 6.33. The Balaban J connectivity index is 2.28. The Morgan fingerprint density at radius 3 is 2.30 bits per heavy atom. The van der Waals surface area contributed by atoms with E-state index in [1.165, 1.54) is 19.2 Å². The van der Waals surface area contributed by atoms with Crippen LogP contribution in [0.2, 0.25) is 5.02 Å². The zero-order valence-electron chi connectivity index (χ0n) is 15.3. The summed E-state index contributed by atoms with van der Waals surface area (Å²) in [6.45, 7) is 3.63. The van der Waals surface area contributed by atoms with E-state index in [1.807, 2.05) is 25.1 Å². The number of halogens is 3. The highest BCUT2D eigenvalue weighted by Gasteiger charge is 2.24. The molecular formula is C22H19ClF2O2. The third-order valence-corrected chi connectivity index (χ3v) is 4.77. The molecule has 0 radical (unpaired) electrons. The molecular weight excluding hydrogens is 370 g/mol. The van der Waals surface area contributed by atoms with Crippen molar-refractivity contribution in [3.8, 4) is 28.4 Å². The summed E-state index contributed by atoms with van der Waals surface area (Å²) >= 11 is 6.29. The molecule has 3 aromatic rings. The molecule has 0 spiro atoms. The van der Waals surface area contributed by atoms with Crippen molar-refractivity contribution in [3.05, 3.63) is 76.3 Å². The highest BCUT2D eigenvalue weighted by Crippen LogP contribution is 2.44. The van der Waals surface area contributed by atoms with Crippen LogP contribution in [-0.4, -0.2) is 7.11 Å². The van der Waals surface area contributed by atoms with Crippen LogP contribution in [0.4, 0.5) is 8.78 Å². The number of rotatable bonds is 5. The predicted molar refractivity (Wildman–Crippen MR) is 104 cm³/mol. The zero-order valence-corrected chi connectivity index (χ0v) is 16.0. The topological polar surface area (TPSA) is 18.5 Å². The molecule has 0 aliphatic heterocycles. The molecule has 0 aliphatic rings.